The number of aryl methyl sites for hydroxylation is 2. The molecule has 1 saturated heterocycles. The van der Waals surface area contributed by atoms with Crippen LogP contribution in [0.2, 0.25) is 0 Å². The number of piperidine rings is 1. The fraction of sp³-hybridized carbons (Fsp3) is 0.500. The van der Waals surface area contributed by atoms with Crippen LogP contribution in [0.25, 0.3) is 10.2 Å². The van der Waals surface area contributed by atoms with Crippen LogP contribution in [0.5, 0.6) is 0 Å². The van der Waals surface area contributed by atoms with Crippen molar-refractivity contribution in [3.63, 3.8) is 0 Å². The van der Waals surface area contributed by atoms with Gasteiger partial charge in [-0.3, -0.25) is 4.79 Å². The standard InChI is InChI=1S/C14H17N3O3S/c1-7-8(2)21-13-11(7)12(15-6-16-13)17-4-3-10(18)9(5-17)14(19)20/h6,9-10,18H,3-5H2,1-2H3,(H,19,20)/t9-,10-/m0/s1. The zero-order valence-electron chi connectivity index (χ0n) is 11.9. The third-order valence-corrected chi connectivity index (χ3v) is 5.25. The van der Waals surface area contributed by atoms with Gasteiger partial charge in [-0.15, -0.1) is 11.3 Å². The van der Waals surface area contributed by atoms with Gasteiger partial charge in [-0.2, -0.15) is 0 Å². The molecule has 2 aromatic rings. The molecule has 0 spiro atoms. The summed E-state index contributed by atoms with van der Waals surface area (Å²) in [5, 5.41) is 20.1. The molecule has 2 N–H and O–H groups in total. The lowest BCUT2D eigenvalue weighted by Crippen LogP contribution is -2.47. The minimum atomic E-state index is -0.962. The van der Waals surface area contributed by atoms with E-state index in [1.165, 1.54) is 11.2 Å². The Hall–Kier alpha value is -1.73. The Bertz CT molecular complexity index is 700. The third-order valence-electron chi connectivity index (χ3n) is 4.14. The SMILES string of the molecule is Cc1sc2ncnc(N3CC[C@H](O)[C@@H](C(=O)O)C3)c2c1C. The van der Waals surface area contributed by atoms with E-state index < -0.39 is 18.0 Å². The Morgan fingerprint density at radius 2 is 2.19 bits per heavy atom. The number of aromatic nitrogens is 2. The molecule has 1 fully saturated rings. The minimum absolute atomic E-state index is 0.275. The van der Waals surface area contributed by atoms with Crippen LogP contribution in [-0.2, 0) is 4.79 Å². The van der Waals surface area contributed by atoms with Crippen molar-refractivity contribution >= 4 is 33.3 Å². The summed E-state index contributed by atoms with van der Waals surface area (Å²) in [4.78, 5) is 24.0. The highest BCUT2D eigenvalue weighted by atomic mass is 32.1. The molecule has 3 rings (SSSR count). The summed E-state index contributed by atoms with van der Waals surface area (Å²) >= 11 is 1.62. The molecule has 1 aliphatic rings. The van der Waals surface area contributed by atoms with Gasteiger partial charge in [0.25, 0.3) is 0 Å². The first kappa shape index (κ1) is 14.2. The van der Waals surface area contributed by atoms with Crippen molar-refractivity contribution in [2.24, 2.45) is 5.92 Å². The number of aliphatic hydroxyl groups is 1. The number of aliphatic hydroxyl groups excluding tert-OH is 1. The van der Waals surface area contributed by atoms with Gasteiger partial charge in [-0.1, -0.05) is 0 Å². The Morgan fingerprint density at radius 1 is 1.43 bits per heavy atom. The summed E-state index contributed by atoms with van der Waals surface area (Å²) in [6.07, 6.45) is 1.17. The second-order valence-corrected chi connectivity index (χ2v) is 6.61. The Kier molecular flexibility index (Phi) is 3.54. The maximum atomic E-state index is 11.3. The number of carbonyl (C=O) groups is 1. The van der Waals surface area contributed by atoms with E-state index in [0.29, 0.717) is 13.0 Å². The highest BCUT2D eigenvalue weighted by Gasteiger charge is 2.34. The first-order chi connectivity index (χ1) is 9.99. The van der Waals surface area contributed by atoms with Gasteiger partial charge in [0.1, 0.15) is 22.9 Å². The largest absolute Gasteiger partial charge is 0.481 e. The normalized spacial score (nSPS) is 22.7. The lowest BCUT2D eigenvalue weighted by molar-refractivity contribution is -0.146. The summed E-state index contributed by atoms with van der Waals surface area (Å²) in [5.74, 6) is -0.959. The zero-order chi connectivity index (χ0) is 15.1. The van der Waals surface area contributed by atoms with Crippen LogP contribution < -0.4 is 4.90 Å². The quantitative estimate of drug-likeness (QED) is 0.876. The van der Waals surface area contributed by atoms with E-state index in [1.54, 1.807) is 11.3 Å². The summed E-state index contributed by atoms with van der Waals surface area (Å²) in [6, 6.07) is 0. The Morgan fingerprint density at radius 3 is 2.90 bits per heavy atom. The first-order valence-electron chi connectivity index (χ1n) is 6.85. The minimum Gasteiger partial charge on any atom is -0.481 e. The highest BCUT2D eigenvalue weighted by Crippen LogP contribution is 2.35. The van der Waals surface area contributed by atoms with E-state index in [1.807, 2.05) is 18.7 Å². The molecule has 6 nitrogen and oxygen atoms in total. The molecule has 2 aromatic heterocycles. The molecule has 0 bridgehead atoms. The van der Waals surface area contributed by atoms with Gasteiger partial charge in [-0.25, -0.2) is 9.97 Å². The second-order valence-electron chi connectivity index (χ2n) is 5.41. The van der Waals surface area contributed by atoms with Gasteiger partial charge in [0.15, 0.2) is 0 Å². The van der Waals surface area contributed by atoms with Crippen molar-refractivity contribution in [2.75, 3.05) is 18.0 Å². The van der Waals surface area contributed by atoms with E-state index in [2.05, 4.69) is 9.97 Å². The number of hydrogen-bond donors (Lipinski definition) is 2. The molecule has 2 atom stereocenters. The molecular weight excluding hydrogens is 290 g/mol. The Balaban J connectivity index is 2.03. The summed E-state index contributed by atoms with van der Waals surface area (Å²) in [7, 11) is 0. The number of hydrogen-bond acceptors (Lipinski definition) is 6. The number of aliphatic carboxylic acids is 1. The van der Waals surface area contributed by atoms with Crippen molar-refractivity contribution < 1.29 is 15.0 Å². The van der Waals surface area contributed by atoms with E-state index in [0.717, 1.165) is 21.6 Å². The highest BCUT2D eigenvalue weighted by molar-refractivity contribution is 7.18. The summed E-state index contributed by atoms with van der Waals surface area (Å²) < 4.78 is 0. The van der Waals surface area contributed by atoms with Crippen LogP contribution in [-0.4, -0.2) is 45.3 Å². The van der Waals surface area contributed by atoms with E-state index in [4.69, 9.17) is 0 Å². The van der Waals surface area contributed by atoms with Crippen LogP contribution in [0, 0.1) is 19.8 Å². The van der Waals surface area contributed by atoms with Crippen molar-refractivity contribution in [1.29, 1.82) is 0 Å². The fourth-order valence-electron chi connectivity index (χ4n) is 2.78. The van der Waals surface area contributed by atoms with Crippen molar-refractivity contribution in [1.82, 2.24) is 9.97 Å². The molecule has 112 valence electrons. The van der Waals surface area contributed by atoms with Crippen molar-refractivity contribution in [3.8, 4) is 0 Å². The van der Waals surface area contributed by atoms with Gasteiger partial charge in [-0.05, 0) is 25.8 Å². The maximum absolute atomic E-state index is 11.3. The molecule has 0 unspecified atom stereocenters. The number of anilines is 1. The average molecular weight is 307 g/mol. The third kappa shape index (κ3) is 2.36. The zero-order valence-corrected chi connectivity index (χ0v) is 12.7. The summed E-state index contributed by atoms with van der Waals surface area (Å²) in [5.41, 5.74) is 1.14. The second kappa shape index (κ2) is 5.23. The number of carboxylic acid groups (broad SMARTS) is 1. The molecule has 1 aliphatic heterocycles. The van der Waals surface area contributed by atoms with Crippen LogP contribution in [0.15, 0.2) is 6.33 Å². The molecule has 0 amide bonds. The lowest BCUT2D eigenvalue weighted by atomic mass is 9.94. The van der Waals surface area contributed by atoms with Crippen LogP contribution in [0.1, 0.15) is 16.9 Å². The average Bonchev–Trinajstić information content (AvgIpc) is 2.74. The number of thiophene rings is 1. The monoisotopic (exact) mass is 307 g/mol. The van der Waals surface area contributed by atoms with Gasteiger partial charge in [0.2, 0.25) is 0 Å². The Labute approximate surface area is 126 Å². The van der Waals surface area contributed by atoms with E-state index in [9.17, 15) is 15.0 Å². The number of rotatable bonds is 2. The summed E-state index contributed by atoms with van der Waals surface area (Å²) in [6.45, 7) is 4.96. The van der Waals surface area contributed by atoms with Gasteiger partial charge in [0.05, 0.1) is 11.5 Å². The molecule has 0 saturated carbocycles. The molecular formula is C14H17N3O3S. The molecule has 21 heavy (non-hydrogen) atoms. The van der Waals surface area contributed by atoms with E-state index >= 15 is 0 Å². The molecule has 0 aromatic carbocycles. The van der Waals surface area contributed by atoms with Crippen molar-refractivity contribution in [2.45, 2.75) is 26.4 Å². The molecule has 0 aliphatic carbocycles. The molecule has 7 heteroatoms. The van der Waals surface area contributed by atoms with Gasteiger partial charge in [0, 0.05) is 18.0 Å². The van der Waals surface area contributed by atoms with Crippen LogP contribution >= 0.6 is 11.3 Å². The number of nitrogens with zero attached hydrogens (tertiary/aromatic N) is 3. The fourth-order valence-corrected chi connectivity index (χ4v) is 3.77. The smallest absolute Gasteiger partial charge is 0.310 e. The predicted molar refractivity (Wildman–Crippen MR) is 80.9 cm³/mol. The van der Waals surface area contributed by atoms with E-state index in [-0.39, 0.29) is 6.54 Å². The lowest BCUT2D eigenvalue weighted by Gasteiger charge is -2.35. The predicted octanol–water partition coefficient (Wildman–Crippen LogP) is 1.58. The maximum Gasteiger partial charge on any atom is 0.310 e. The number of fused-ring (bicyclic) bond motifs is 1. The molecule has 3 heterocycles. The molecule has 0 radical (unpaired) electrons. The topological polar surface area (TPSA) is 86.5 Å². The number of carboxylic acids is 1. The van der Waals surface area contributed by atoms with Crippen molar-refractivity contribution in [3.05, 3.63) is 16.8 Å². The van der Waals surface area contributed by atoms with Gasteiger partial charge >= 0.3 is 5.97 Å². The first-order valence-corrected chi connectivity index (χ1v) is 7.67. The van der Waals surface area contributed by atoms with Crippen LogP contribution in [0.4, 0.5) is 5.82 Å². The van der Waals surface area contributed by atoms with Crippen LogP contribution in [0.3, 0.4) is 0 Å². The van der Waals surface area contributed by atoms with Gasteiger partial charge < -0.3 is 15.1 Å².